The third kappa shape index (κ3) is 3.84. The van der Waals surface area contributed by atoms with E-state index < -0.39 is 30.0 Å². The van der Waals surface area contributed by atoms with Crippen LogP contribution in [0.5, 0.6) is 0 Å². The lowest BCUT2D eigenvalue weighted by atomic mass is 9.81. The molecule has 1 saturated heterocycles. The number of halogens is 4. The lowest BCUT2D eigenvalue weighted by Gasteiger charge is -2.25. The molecule has 0 spiro atoms. The zero-order valence-corrected chi connectivity index (χ0v) is 13.0. The Hall–Kier alpha value is -1.02. The molecule has 1 aliphatic carbocycles. The molecule has 1 amide bonds. The van der Waals surface area contributed by atoms with E-state index in [0.717, 1.165) is 19.9 Å². The fourth-order valence-electron chi connectivity index (χ4n) is 3.53. The summed E-state index contributed by atoms with van der Waals surface area (Å²) in [5.41, 5.74) is -0.817. The Morgan fingerprint density at radius 1 is 1.41 bits per heavy atom. The molecule has 9 heteroatoms. The predicted octanol–water partition coefficient (Wildman–Crippen LogP) is 1.62. The van der Waals surface area contributed by atoms with Crippen LogP contribution in [0.25, 0.3) is 0 Å². The number of aliphatic carboxylic acids is 1. The SMILES string of the molecule is CN(CC(F)(F)F)C(=O)CN1C[C@@H]2CCC[C@@]2(C(=O)O)C1.Cl. The van der Waals surface area contributed by atoms with E-state index in [4.69, 9.17) is 0 Å². The van der Waals surface area contributed by atoms with Gasteiger partial charge in [-0.15, -0.1) is 12.4 Å². The van der Waals surface area contributed by atoms with Crippen molar-refractivity contribution in [1.29, 1.82) is 0 Å². The lowest BCUT2D eigenvalue weighted by molar-refractivity contribution is -0.159. The zero-order chi connectivity index (χ0) is 15.8. The summed E-state index contributed by atoms with van der Waals surface area (Å²) in [5, 5.41) is 9.42. The van der Waals surface area contributed by atoms with Crippen molar-refractivity contribution in [2.75, 3.05) is 33.2 Å². The van der Waals surface area contributed by atoms with Crippen molar-refractivity contribution >= 4 is 24.3 Å². The molecule has 2 aliphatic rings. The molecule has 0 aromatic rings. The van der Waals surface area contributed by atoms with Crippen LogP contribution in [0.1, 0.15) is 19.3 Å². The molecule has 2 fully saturated rings. The van der Waals surface area contributed by atoms with Gasteiger partial charge in [0, 0.05) is 20.1 Å². The van der Waals surface area contributed by atoms with Gasteiger partial charge in [0.25, 0.3) is 0 Å². The molecular weight excluding hydrogens is 325 g/mol. The monoisotopic (exact) mass is 344 g/mol. The minimum atomic E-state index is -4.42. The Labute approximate surface area is 132 Å². The molecule has 2 atom stereocenters. The minimum Gasteiger partial charge on any atom is -0.481 e. The maximum absolute atomic E-state index is 12.2. The number of hydrogen-bond donors (Lipinski definition) is 1. The maximum atomic E-state index is 12.2. The van der Waals surface area contributed by atoms with Crippen molar-refractivity contribution in [3.8, 4) is 0 Å². The first-order valence-electron chi connectivity index (χ1n) is 6.90. The van der Waals surface area contributed by atoms with Crippen LogP contribution < -0.4 is 0 Å². The molecule has 5 nitrogen and oxygen atoms in total. The van der Waals surface area contributed by atoms with Crippen molar-refractivity contribution in [1.82, 2.24) is 9.80 Å². The van der Waals surface area contributed by atoms with Gasteiger partial charge in [0.15, 0.2) is 0 Å². The molecule has 0 aromatic heterocycles. The van der Waals surface area contributed by atoms with E-state index in [1.807, 2.05) is 0 Å². The van der Waals surface area contributed by atoms with Crippen LogP contribution in [0, 0.1) is 11.3 Å². The van der Waals surface area contributed by atoms with Gasteiger partial charge in [0.05, 0.1) is 12.0 Å². The Morgan fingerprint density at radius 2 is 2.05 bits per heavy atom. The van der Waals surface area contributed by atoms with Gasteiger partial charge in [-0.3, -0.25) is 14.5 Å². The van der Waals surface area contributed by atoms with Crippen molar-refractivity contribution in [3.63, 3.8) is 0 Å². The number of nitrogens with zero attached hydrogens (tertiary/aromatic N) is 2. The number of carboxylic acid groups (broad SMARTS) is 1. The maximum Gasteiger partial charge on any atom is 0.406 e. The van der Waals surface area contributed by atoms with Crippen molar-refractivity contribution < 1.29 is 27.9 Å². The molecule has 22 heavy (non-hydrogen) atoms. The highest BCUT2D eigenvalue weighted by molar-refractivity contribution is 5.85. The highest BCUT2D eigenvalue weighted by atomic mass is 35.5. The van der Waals surface area contributed by atoms with Gasteiger partial charge >= 0.3 is 12.1 Å². The van der Waals surface area contributed by atoms with Gasteiger partial charge in [0.2, 0.25) is 5.91 Å². The van der Waals surface area contributed by atoms with Crippen LogP contribution in [0.3, 0.4) is 0 Å². The summed E-state index contributed by atoms with van der Waals surface area (Å²) < 4.78 is 36.7. The van der Waals surface area contributed by atoms with Crippen molar-refractivity contribution in [3.05, 3.63) is 0 Å². The average molecular weight is 345 g/mol. The Kier molecular flexibility index (Phi) is 5.72. The average Bonchev–Trinajstić information content (AvgIpc) is 2.83. The Bertz CT molecular complexity index is 447. The summed E-state index contributed by atoms with van der Waals surface area (Å²) in [6, 6.07) is 0. The number of hydrogen-bond acceptors (Lipinski definition) is 3. The number of carbonyl (C=O) groups excluding carboxylic acids is 1. The number of rotatable bonds is 4. The summed E-state index contributed by atoms with van der Waals surface area (Å²) in [6.45, 7) is -0.720. The van der Waals surface area contributed by atoms with E-state index in [-0.39, 0.29) is 31.4 Å². The Balaban J connectivity index is 0.00000242. The number of fused-ring (bicyclic) bond motifs is 1. The van der Waals surface area contributed by atoms with E-state index in [9.17, 15) is 27.9 Å². The van der Waals surface area contributed by atoms with Crippen LogP contribution in [-0.4, -0.2) is 66.2 Å². The first-order valence-corrected chi connectivity index (χ1v) is 6.90. The first-order chi connectivity index (χ1) is 9.64. The third-order valence-corrected chi connectivity index (χ3v) is 4.57. The molecular formula is C13H20ClF3N2O3. The number of carboxylic acids is 1. The normalized spacial score (nSPS) is 28.1. The fourth-order valence-corrected chi connectivity index (χ4v) is 3.53. The van der Waals surface area contributed by atoms with Crippen molar-refractivity contribution in [2.24, 2.45) is 11.3 Å². The molecule has 0 radical (unpaired) electrons. The third-order valence-electron chi connectivity index (χ3n) is 4.57. The quantitative estimate of drug-likeness (QED) is 0.842. The molecule has 1 N–H and O–H groups in total. The van der Waals surface area contributed by atoms with Crippen molar-refractivity contribution in [2.45, 2.75) is 25.4 Å². The highest BCUT2D eigenvalue weighted by Crippen LogP contribution is 2.48. The number of carbonyl (C=O) groups is 2. The summed E-state index contributed by atoms with van der Waals surface area (Å²) in [6.07, 6.45) is -2.19. The highest BCUT2D eigenvalue weighted by Gasteiger charge is 2.54. The second kappa shape index (κ2) is 6.62. The smallest absolute Gasteiger partial charge is 0.406 e. The van der Waals surface area contributed by atoms with Gasteiger partial charge in [-0.2, -0.15) is 13.2 Å². The molecule has 0 bridgehead atoms. The van der Waals surface area contributed by atoms with Gasteiger partial charge < -0.3 is 10.0 Å². The molecule has 1 heterocycles. The van der Waals surface area contributed by atoms with Crippen LogP contribution >= 0.6 is 12.4 Å². The molecule has 128 valence electrons. The summed E-state index contributed by atoms with van der Waals surface area (Å²) in [7, 11) is 1.11. The van der Waals surface area contributed by atoms with Gasteiger partial charge in [0.1, 0.15) is 6.54 Å². The summed E-state index contributed by atoms with van der Waals surface area (Å²) in [4.78, 5) is 25.6. The van der Waals surface area contributed by atoms with Crippen LogP contribution in [-0.2, 0) is 9.59 Å². The first kappa shape index (κ1) is 19.0. The van der Waals surface area contributed by atoms with E-state index in [0.29, 0.717) is 17.9 Å². The number of likely N-dealkylation sites (tertiary alicyclic amines) is 1. The molecule has 2 rings (SSSR count). The zero-order valence-electron chi connectivity index (χ0n) is 12.2. The largest absolute Gasteiger partial charge is 0.481 e. The topological polar surface area (TPSA) is 60.9 Å². The van der Waals surface area contributed by atoms with Gasteiger partial charge in [-0.25, -0.2) is 0 Å². The minimum absolute atomic E-state index is 0. The molecule has 1 saturated carbocycles. The van der Waals surface area contributed by atoms with Gasteiger partial charge in [-0.05, 0) is 18.8 Å². The van der Waals surface area contributed by atoms with E-state index >= 15 is 0 Å². The molecule has 1 aliphatic heterocycles. The second-order valence-electron chi connectivity index (χ2n) is 6.09. The second-order valence-corrected chi connectivity index (χ2v) is 6.09. The van der Waals surface area contributed by atoms with E-state index in [1.165, 1.54) is 0 Å². The Morgan fingerprint density at radius 3 is 2.55 bits per heavy atom. The lowest BCUT2D eigenvalue weighted by Crippen LogP contribution is -2.43. The molecule has 0 aromatic carbocycles. The van der Waals surface area contributed by atoms with E-state index in [1.54, 1.807) is 4.90 Å². The standard InChI is InChI=1S/C13H19F3N2O3.ClH/c1-17(8-13(14,15)16)10(19)6-18-5-9-3-2-4-12(9,7-18)11(20)21;/h9H,2-8H2,1H3,(H,20,21);1H/t9-,12+;/m0./s1. The van der Waals surface area contributed by atoms with Crippen LogP contribution in [0.2, 0.25) is 0 Å². The van der Waals surface area contributed by atoms with Crippen LogP contribution in [0.4, 0.5) is 13.2 Å². The fraction of sp³-hybridized carbons (Fsp3) is 0.846. The number of amides is 1. The summed E-state index contributed by atoms with van der Waals surface area (Å²) in [5.74, 6) is -1.49. The van der Waals surface area contributed by atoms with E-state index in [2.05, 4.69) is 0 Å². The predicted molar refractivity (Wildman–Crippen MR) is 74.8 cm³/mol. The summed E-state index contributed by atoms with van der Waals surface area (Å²) >= 11 is 0. The van der Waals surface area contributed by atoms with Crippen LogP contribution in [0.15, 0.2) is 0 Å². The van der Waals surface area contributed by atoms with Gasteiger partial charge in [-0.1, -0.05) is 6.42 Å². The number of likely N-dealkylation sites (N-methyl/N-ethyl adjacent to an activating group) is 1. The molecule has 0 unspecified atom stereocenters. The number of alkyl halides is 3.